The number of imide groups is 1. The Hall–Kier alpha value is -2.09. The second-order valence-electron chi connectivity index (χ2n) is 8.76. The molecule has 1 aromatic carbocycles. The van der Waals surface area contributed by atoms with Crippen LogP contribution < -0.4 is 0 Å². The highest BCUT2D eigenvalue weighted by Crippen LogP contribution is 2.43. The van der Waals surface area contributed by atoms with Gasteiger partial charge in [0.15, 0.2) is 0 Å². The van der Waals surface area contributed by atoms with Gasteiger partial charge in [0.2, 0.25) is 11.8 Å². The van der Waals surface area contributed by atoms with Crippen molar-refractivity contribution in [1.82, 2.24) is 4.90 Å². The first-order valence-electron chi connectivity index (χ1n) is 11.0. The molecule has 1 aliphatic carbocycles. The summed E-state index contributed by atoms with van der Waals surface area (Å²) in [7, 11) is 0. The molecule has 3 atom stereocenters. The number of alkyl halides is 3. The molecule has 3 rings (SSSR count). The fraction of sp³-hybridized carbons (Fsp3) is 0.609. The molecule has 0 aromatic heterocycles. The van der Waals surface area contributed by atoms with Gasteiger partial charge in [-0.3, -0.25) is 14.5 Å². The summed E-state index contributed by atoms with van der Waals surface area (Å²) in [5, 5.41) is 10.1. The van der Waals surface area contributed by atoms with Crippen molar-refractivity contribution in [3.05, 3.63) is 34.9 Å². The van der Waals surface area contributed by atoms with Crippen LogP contribution in [0.15, 0.2) is 24.3 Å². The Morgan fingerprint density at radius 2 is 1.88 bits per heavy atom. The van der Waals surface area contributed by atoms with Gasteiger partial charge in [-0.2, -0.15) is 13.2 Å². The molecule has 2 fully saturated rings. The molecule has 0 unspecified atom stereocenters. The second kappa shape index (κ2) is 10.2. The Morgan fingerprint density at radius 1 is 1.19 bits per heavy atom. The van der Waals surface area contributed by atoms with Crippen LogP contribution in [0.25, 0.3) is 0 Å². The number of amides is 2. The number of halogens is 4. The minimum absolute atomic E-state index is 0.234. The first kappa shape index (κ1) is 24.6. The van der Waals surface area contributed by atoms with Crippen molar-refractivity contribution >= 4 is 29.4 Å². The Bertz CT molecular complexity index is 854. The van der Waals surface area contributed by atoms with Crippen molar-refractivity contribution in [2.45, 2.75) is 70.0 Å². The van der Waals surface area contributed by atoms with Crippen LogP contribution in [-0.4, -0.2) is 40.0 Å². The van der Waals surface area contributed by atoms with E-state index in [-0.39, 0.29) is 6.42 Å². The van der Waals surface area contributed by atoms with Gasteiger partial charge in [0, 0.05) is 11.4 Å². The largest absolute Gasteiger partial charge is 0.480 e. The lowest BCUT2D eigenvalue weighted by Gasteiger charge is -2.44. The highest BCUT2D eigenvalue weighted by molar-refractivity contribution is 6.30. The van der Waals surface area contributed by atoms with Crippen molar-refractivity contribution in [2.75, 3.05) is 0 Å². The summed E-state index contributed by atoms with van der Waals surface area (Å²) in [5.41, 5.74) is 0.935. The maximum absolute atomic E-state index is 13.7. The summed E-state index contributed by atoms with van der Waals surface area (Å²) in [6.07, 6.45) is -1.13. The van der Waals surface area contributed by atoms with Gasteiger partial charge in [0.25, 0.3) is 0 Å². The summed E-state index contributed by atoms with van der Waals surface area (Å²) < 4.78 is 41.0. The Morgan fingerprint density at radius 3 is 2.47 bits per heavy atom. The van der Waals surface area contributed by atoms with E-state index in [1.54, 1.807) is 18.2 Å². The van der Waals surface area contributed by atoms with Gasteiger partial charge in [-0.25, -0.2) is 4.79 Å². The molecule has 1 saturated heterocycles. The smallest absolute Gasteiger partial charge is 0.392 e. The number of carbonyl (C=O) groups is 3. The van der Waals surface area contributed by atoms with Gasteiger partial charge in [-0.1, -0.05) is 43.0 Å². The predicted molar refractivity (Wildman–Crippen MR) is 112 cm³/mol. The van der Waals surface area contributed by atoms with E-state index >= 15 is 0 Å². The van der Waals surface area contributed by atoms with E-state index in [9.17, 15) is 32.7 Å². The number of carboxylic acid groups (broad SMARTS) is 1. The molecule has 1 heterocycles. The zero-order valence-electron chi connectivity index (χ0n) is 17.6. The molecular formula is C23H27ClF3NO4. The third-order valence-electron chi connectivity index (χ3n) is 6.64. The van der Waals surface area contributed by atoms with E-state index in [1.807, 2.05) is 6.07 Å². The molecule has 1 aromatic rings. The average molecular weight is 474 g/mol. The molecule has 2 aliphatic rings. The van der Waals surface area contributed by atoms with E-state index in [1.165, 1.54) is 0 Å². The minimum Gasteiger partial charge on any atom is -0.480 e. The standard InChI is InChI=1S/C23H27ClF3NO4/c24-16-10-4-6-14(12-16)7-5-11-17-20(22(31)32)28(21(17)30)19(29)13-18(23(25,26)27)15-8-2-1-3-9-15/h4,6,10,12,15,17-18,20H,1-3,5,7-9,11,13H2,(H,31,32)/t17-,18+,20+/m1/s1. The fourth-order valence-corrected chi connectivity index (χ4v) is 5.19. The van der Waals surface area contributed by atoms with E-state index in [2.05, 4.69) is 0 Å². The number of aliphatic carboxylic acids is 1. The Balaban J connectivity index is 1.63. The molecule has 0 spiro atoms. The number of rotatable bonds is 8. The van der Waals surface area contributed by atoms with Gasteiger partial charge in [0.05, 0.1) is 11.8 Å². The number of hydrogen-bond donors (Lipinski definition) is 1. The van der Waals surface area contributed by atoms with Gasteiger partial charge in [0.1, 0.15) is 6.04 Å². The highest BCUT2D eigenvalue weighted by Gasteiger charge is 2.55. The number of carbonyl (C=O) groups excluding carboxylic acids is 2. The van der Waals surface area contributed by atoms with Gasteiger partial charge >= 0.3 is 12.1 Å². The fourth-order valence-electron chi connectivity index (χ4n) is 4.98. The van der Waals surface area contributed by atoms with Crippen molar-refractivity contribution in [2.24, 2.45) is 17.8 Å². The molecule has 1 aliphatic heterocycles. The third-order valence-corrected chi connectivity index (χ3v) is 6.87. The van der Waals surface area contributed by atoms with Crippen LogP contribution in [0.4, 0.5) is 13.2 Å². The van der Waals surface area contributed by atoms with E-state index in [4.69, 9.17) is 11.6 Å². The molecule has 0 radical (unpaired) electrons. The molecule has 5 nitrogen and oxygen atoms in total. The quantitative estimate of drug-likeness (QED) is 0.523. The van der Waals surface area contributed by atoms with Crippen LogP contribution in [0.1, 0.15) is 56.9 Å². The molecule has 9 heteroatoms. The number of hydrogen-bond acceptors (Lipinski definition) is 3. The second-order valence-corrected chi connectivity index (χ2v) is 9.20. The summed E-state index contributed by atoms with van der Waals surface area (Å²) in [6.45, 7) is 0. The molecular weight excluding hydrogens is 447 g/mol. The van der Waals surface area contributed by atoms with Crippen molar-refractivity contribution in [1.29, 1.82) is 0 Å². The maximum Gasteiger partial charge on any atom is 0.392 e. The van der Waals surface area contributed by atoms with Crippen LogP contribution in [0.5, 0.6) is 0 Å². The first-order valence-corrected chi connectivity index (χ1v) is 11.4. The third kappa shape index (κ3) is 5.63. The monoisotopic (exact) mass is 473 g/mol. The lowest BCUT2D eigenvalue weighted by Crippen LogP contribution is -2.66. The van der Waals surface area contributed by atoms with Crippen LogP contribution in [0.2, 0.25) is 5.02 Å². The first-order chi connectivity index (χ1) is 15.1. The van der Waals surface area contributed by atoms with Crippen molar-refractivity contribution in [3.8, 4) is 0 Å². The summed E-state index contributed by atoms with van der Waals surface area (Å²) in [4.78, 5) is 37.5. The van der Waals surface area contributed by atoms with E-state index in [0.717, 1.165) is 12.0 Å². The maximum atomic E-state index is 13.7. The average Bonchev–Trinajstić information content (AvgIpc) is 2.72. The lowest BCUT2D eigenvalue weighted by molar-refractivity contribution is -0.200. The minimum atomic E-state index is -4.57. The van der Waals surface area contributed by atoms with Gasteiger partial charge in [-0.05, 0) is 55.7 Å². The molecule has 2 amide bonds. The zero-order chi connectivity index (χ0) is 23.5. The normalized spacial score (nSPS) is 23.0. The molecule has 0 bridgehead atoms. The molecule has 176 valence electrons. The predicted octanol–water partition coefficient (Wildman–Crippen LogP) is 5.25. The number of benzene rings is 1. The Labute approximate surface area is 189 Å². The Kier molecular flexibility index (Phi) is 7.85. The number of aryl methyl sites for hydroxylation is 1. The molecule has 1 saturated carbocycles. The number of likely N-dealkylation sites (tertiary alicyclic amines) is 1. The van der Waals surface area contributed by atoms with Crippen LogP contribution in [0, 0.1) is 17.8 Å². The molecule has 1 N–H and O–H groups in total. The number of nitrogens with zero attached hydrogens (tertiary/aromatic N) is 1. The molecule has 32 heavy (non-hydrogen) atoms. The SMILES string of the molecule is O=C(O)[C@@H]1[C@@H](CCCc2cccc(Cl)c2)C(=O)N1C(=O)C[C@@H](C1CCCCC1)C(F)(F)F. The topological polar surface area (TPSA) is 74.7 Å². The zero-order valence-corrected chi connectivity index (χ0v) is 18.4. The van der Waals surface area contributed by atoms with Crippen molar-refractivity contribution in [3.63, 3.8) is 0 Å². The van der Waals surface area contributed by atoms with Gasteiger partial charge in [-0.15, -0.1) is 0 Å². The lowest BCUT2D eigenvalue weighted by atomic mass is 9.77. The van der Waals surface area contributed by atoms with Crippen molar-refractivity contribution < 1.29 is 32.7 Å². The summed E-state index contributed by atoms with van der Waals surface area (Å²) in [5.74, 6) is -6.53. The van der Waals surface area contributed by atoms with E-state index < -0.39 is 54.2 Å². The van der Waals surface area contributed by atoms with Crippen LogP contribution >= 0.6 is 11.6 Å². The summed E-state index contributed by atoms with van der Waals surface area (Å²) >= 11 is 5.94. The van der Waals surface area contributed by atoms with Crippen LogP contribution in [0.3, 0.4) is 0 Å². The van der Waals surface area contributed by atoms with Crippen LogP contribution in [-0.2, 0) is 20.8 Å². The summed E-state index contributed by atoms with van der Waals surface area (Å²) in [6, 6.07) is 5.75. The van der Waals surface area contributed by atoms with E-state index in [0.29, 0.717) is 48.4 Å². The highest BCUT2D eigenvalue weighted by atomic mass is 35.5. The number of β-lactam (4-membered cyclic amide) rings is 1. The number of carboxylic acids is 1. The van der Waals surface area contributed by atoms with Gasteiger partial charge < -0.3 is 5.11 Å².